The molecule has 1 amide bonds. The normalized spacial score (nSPS) is 20.1. The largest absolute Gasteiger partial charge is 0.361 e. The number of aromatic nitrogens is 1. The number of aromatic amines is 1. The lowest BCUT2D eigenvalue weighted by Crippen LogP contribution is -2.32. The van der Waals surface area contributed by atoms with Crippen molar-refractivity contribution in [2.75, 3.05) is 18.0 Å². The fourth-order valence-electron chi connectivity index (χ4n) is 4.31. The zero-order valence-corrected chi connectivity index (χ0v) is 15.5. The predicted octanol–water partition coefficient (Wildman–Crippen LogP) is 4.19. The van der Waals surface area contributed by atoms with Gasteiger partial charge in [-0.2, -0.15) is 0 Å². The summed E-state index contributed by atoms with van der Waals surface area (Å²) in [6.07, 6.45) is 5.23. The third-order valence-corrected chi connectivity index (χ3v) is 5.83. The van der Waals surface area contributed by atoms with Gasteiger partial charge in [0.1, 0.15) is 0 Å². The van der Waals surface area contributed by atoms with E-state index in [-0.39, 0.29) is 5.91 Å². The molecule has 1 saturated carbocycles. The minimum Gasteiger partial charge on any atom is -0.361 e. The first kappa shape index (κ1) is 16.6. The highest BCUT2D eigenvalue weighted by atomic mass is 16.2. The van der Waals surface area contributed by atoms with Crippen LogP contribution in [0.25, 0.3) is 10.9 Å². The molecular formula is C23H25N3O. The van der Waals surface area contributed by atoms with E-state index in [1.165, 1.54) is 29.3 Å². The number of rotatable bonds is 6. The summed E-state index contributed by atoms with van der Waals surface area (Å²) in [5.41, 5.74) is 3.58. The van der Waals surface area contributed by atoms with Crippen molar-refractivity contribution in [2.24, 2.45) is 5.92 Å². The molecule has 27 heavy (non-hydrogen) atoms. The Balaban J connectivity index is 1.28. The Bertz CT molecular complexity index is 944. The molecule has 2 aromatic carbocycles. The Hall–Kier alpha value is -2.59. The van der Waals surface area contributed by atoms with E-state index in [0.29, 0.717) is 18.4 Å². The molecule has 138 valence electrons. The summed E-state index contributed by atoms with van der Waals surface area (Å²) in [6, 6.07) is 19.6. The molecule has 0 unspecified atom stereocenters. The number of fused-ring (bicyclic) bond motifs is 1. The average Bonchev–Trinajstić information content (AvgIpc) is 3.32. The monoisotopic (exact) mass is 359 g/mol. The van der Waals surface area contributed by atoms with Gasteiger partial charge in [0.2, 0.25) is 5.91 Å². The van der Waals surface area contributed by atoms with Crippen LogP contribution in [0.3, 0.4) is 0 Å². The van der Waals surface area contributed by atoms with Crippen molar-refractivity contribution in [1.29, 1.82) is 0 Å². The first-order valence-corrected chi connectivity index (χ1v) is 9.92. The van der Waals surface area contributed by atoms with Crippen LogP contribution in [0.15, 0.2) is 60.8 Å². The molecule has 1 saturated heterocycles. The molecule has 2 aliphatic rings. The maximum Gasteiger partial charge on any atom is 0.227 e. The second-order valence-electron chi connectivity index (χ2n) is 7.97. The Morgan fingerprint density at radius 1 is 1.07 bits per heavy atom. The summed E-state index contributed by atoms with van der Waals surface area (Å²) in [6.45, 7) is 2.82. The van der Waals surface area contributed by atoms with Crippen molar-refractivity contribution in [1.82, 2.24) is 9.88 Å². The lowest BCUT2D eigenvalue weighted by atomic mass is 10.1. The smallest absolute Gasteiger partial charge is 0.227 e. The van der Waals surface area contributed by atoms with Crippen molar-refractivity contribution in [3.8, 4) is 0 Å². The molecule has 2 heterocycles. The third kappa shape index (κ3) is 3.50. The fourth-order valence-corrected chi connectivity index (χ4v) is 4.31. The maximum absolute atomic E-state index is 12.5. The van der Waals surface area contributed by atoms with E-state index in [1.54, 1.807) is 0 Å². The van der Waals surface area contributed by atoms with E-state index in [2.05, 4.69) is 34.1 Å². The van der Waals surface area contributed by atoms with Gasteiger partial charge >= 0.3 is 0 Å². The average molecular weight is 359 g/mol. The molecule has 3 aromatic rings. The summed E-state index contributed by atoms with van der Waals surface area (Å²) >= 11 is 0. The molecule has 1 aliphatic carbocycles. The molecule has 5 rings (SSSR count). The number of amides is 1. The van der Waals surface area contributed by atoms with Gasteiger partial charge in [-0.1, -0.05) is 24.3 Å². The van der Waals surface area contributed by atoms with Gasteiger partial charge in [-0.3, -0.25) is 9.69 Å². The minimum atomic E-state index is 0.260. The Kier molecular flexibility index (Phi) is 4.21. The van der Waals surface area contributed by atoms with Crippen molar-refractivity contribution in [3.63, 3.8) is 0 Å². The number of H-pyrrole nitrogens is 1. The van der Waals surface area contributed by atoms with Gasteiger partial charge in [0.15, 0.2) is 0 Å². The summed E-state index contributed by atoms with van der Waals surface area (Å²) in [7, 11) is 0. The number of para-hydroxylation sites is 1. The highest BCUT2D eigenvalue weighted by molar-refractivity contribution is 5.95. The first-order valence-electron chi connectivity index (χ1n) is 9.92. The Morgan fingerprint density at radius 3 is 2.74 bits per heavy atom. The van der Waals surface area contributed by atoms with Crippen LogP contribution < -0.4 is 4.90 Å². The number of carbonyl (C=O) groups excluding carboxylic acids is 1. The van der Waals surface area contributed by atoms with Gasteiger partial charge in [-0.15, -0.1) is 0 Å². The van der Waals surface area contributed by atoms with Crippen LogP contribution in [-0.4, -0.2) is 34.9 Å². The second kappa shape index (κ2) is 6.86. The lowest BCUT2D eigenvalue weighted by Gasteiger charge is -2.25. The van der Waals surface area contributed by atoms with Crippen LogP contribution in [0, 0.1) is 5.92 Å². The molecule has 1 aliphatic heterocycles. The molecule has 0 bridgehead atoms. The van der Waals surface area contributed by atoms with Crippen LogP contribution in [0.2, 0.25) is 0 Å². The molecule has 0 spiro atoms. The Labute approximate surface area is 159 Å². The van der Waals surface area contributed by atoms with E-state index in [1.807, 2.05) is 41.4 Å². The van der Waals surface area contributed by atoms with Crippen LogP contribution in [-0.2, 0) is 11.3 Å². The zero-order chi connectivity index (χ0) is 18.2. The number of hydrogen-bond donors (Lipinski definition) is 1. The van der Waals surface area contributed by atoms with Crippen molar-refractivity contribution in [2.45, 2.75) is 31.8 Å². The molecule has 1 aromatic heterocycles. The highest BCUT2D eigenvalue weighted by Gasteiger charge is 2.35. The standard InChI is InChI=1S/C23H25N3O/c27-23-13-18(16-26(23)21-4-2-1-3-5-21)15-25(20-7-8-20)14-17-6-9-22-19(12-17)10-11-24-22/h1-6,9-12,18,20,24H,7-8,13-16H2/t18-/m1/s1. The lowest BCUT2D eigenvalue weighted by molar-refractivity contribution is -0.117. The second-order valence-corrected chi connectivity index (χ2v) is 7.97. The van der Waals surface area contributed by atoms with Crippen molar-refractivity contribution < 1.29 is 4.79 Å². The fraction of sp³-hybridized carbons (Fsp3) is 0.348. The van der Waals surface area contributed by atoms with Crippen molar-refractivity contribution in [3.05, 3.63) is 66.4 Å². The molecule has 1 atom stereocenters. The van der Waals surface area contributed by atoms with E-state index < -0.39 is 0 Å². The van der Waals surface area contributed by atoms with Gasteiger partial charge in [0.25, 0.3) is 0 Å². The molecule has 2 fully saturated rings. The van der Waals surface area contributed by atoms with Gasteiger partial charge in [-0.25, -0.2) is 0 Å². The predicted molar refractivity (Wildman–Crippen MR) is 109 cm³/mol. The van der Waals surface area contributed by atoms with E-state index in [9.17, 15) is 4.79 Å². The van der Waals surface area contributed by atoms with Gasteiger partial charge in [-0.05, 0) is 60.0 Å². The zero-order valence-electron chi connectivity index (χ0n) is 15.5. The molecule has 4 heteroatoms. The first-order chi connectivity index (χ1) is 13.3. The Morgan fingerprint density at radius 2 is 1.93 bits per heavy atom. The molecule has 0 radical (unpaired) electrons. The number of carbonyl (C=O) groups is 1. The molecule has 4 nitrogen and oxygen atoms in total. The number of nitrogens with zero attached hydrogens (tertiary/aromatic N) is 2. The van der Waals surface area contributed by atoms with Crippen LogP contribution in [0.1, 0.15) is 24.8 Å². The van der Waals surface area contributed by atoms with E-state index in [0.717, 1.165) is 25.3 Å². The highest BCUT2D eigenvalue weighted by Crippen LogP contribution is 2.32. The van der Waals surface area contributed by atoms with E-state index in [4.69, 9.17) is 0 Å². The summed E-state index contributed by atoms with van der Waals surface area (Å²) < 4.78 is 0. The van der Waals surface area contributed by atoms with Crippen molar-refractivity contribution >= 4 is 22.5 Å². The van der Waals surface area contributed by atoms with Crippen LogP contribution in [0.5, 0.6) is 0 Å². The van der Waals surface area contributed by atoms with Gasteiger partial charge < -0.3 is 9.88 Å². The van der Waals surface area contributed by atoms with Gasteiger partial charge in [0.05, 0.1) is 0 Å². The van der Waals surface area contributed by atoms with Gasteiger partial charge in [0, 0.05) is 49.5 Å². The van der Waals surface area contributed by atoms with E-state index >= 15 is 0 Å². The van der Waals surface area contributed by atoms with Crippen LogP contribution >= 0.6 is 0 Å². The summed E-state index contributed by atoms with van der Waals surface area (Å²) in [4.78, 5) is 20.4. The number of nitrogens with one attached hydrogen (secondary N) is 1. The minimum absolute atomic E-state index is 0.260. The molecule has 1 N–H and O–H groups in total. The number of benzene rings is 2. The quantitative estimate of drug-likeness (QED) is 0.717. The van der Waals surface area contributed by atoms with Crippen LogP contribution in [0.4, 0.5) is 5.69 Å². The maximum atomic E-state index is 12.5. The summed E-state index contributed by atoms with van der Waals surface area (Å²) in [5.74, 6) is 0.671. The SMILES string of the molecule is O=C1C[C@H](CN(Cc2ccc3[nH]ccc3c2)C2CC2)CN1c1ccccc1. The number of hydrogen-bond acceptors (Lipinski definition) is 2. The summed E-state index contributed by atoms with van der Waals surface area (Å²) in [5, 5.41) is 1.27. The topological polar surface area (TPSA) is 39.3 Å². The molecular weight excluding hydrogens is 334 g/mol. The number of anilines is 1. The third-order valence-electron chi connectivity index (χ3n) is 5.83.